The van der Waals surface area contributed by atoms with Crippen LogP contribution in [0, 0.1) is 5.92 Å². The van der Waals surface area contributed by atoms with E-state index in [0.717, 1.165) is 37.2 Å². The standard InChI is InChI=1S/C40H41NO/c1-3-10-36(34-20-22-40-38(26-34)37-15-7-8-16-39(37)42-40)27(2)41-35-21-19-32-24-31(17-18-33(32)25-35)30-14-9-13-29(23-30)28-11-5-4-6-12-28/h3-5,7-8,10-11,14-23,27,31,35,38,41H,1,6,9,12-13,24-26H2,2H3/b36-10+. The molecule has 4 unspecified atom stereocenters. The van der Waals surface area contributed by atoms with Gasteiger partial charge in [0.25, 0.3) is 0 Å². The molecule has 1 aromatic carbocycles. The van der Waals surface area contributed by atoms with Gasteiger partial charge in [0.05, 0.1) is 0 Å². The van der Waals surface area contributed by atoms with Gasteiger partial charge in [-0.15, -0.1) is 0 Å². The van der Waals surface area contributed by atoms with Gasteiger partial charge in [-0.2, -0.15) is 0 Å². The van der Waals surface area contributed by atoms with Gasteiger partial charge in [-0.25, -0.2) is 0 Å². The first kappa shape index (κ1) is 27.0. The van der Waals surface area contributed by atoms with E-state index >= 15 is 0 Å². The normalized spacial score (nSPS) is 27.0. The SMILES string of the molecule is C=C/C=C(/C1=CC=C2Oc3ccccc3C2C1)C(C)NC1C=CC2=C(C=CC(C3=CCCC(C4=CC=CCC4)=C3)C2)C1. The average molecular weight is 552 g/mol. The highest BCUT2D eigenvalue weighted by molar-refractivity contribution is 5.53. The Morgan fingerprint density at radius 3 is 2.71 bits per heavy atom. The second-order valence-electron chi connectivity index (χ2n) is 12.4. The molecule has 0 aromatic heterocycles. The van der Waals surface area contributed by atoms with Crippen molar-refractivity contribution in [2.45, 2.75) is 69.9 Å². The Labute approximate surface area is 251 Å². The zero-order chi connectivity index (χ0) is 28.5. The van der Waals surface area contributed by atoms with Gasteiger partial charge in [0.1, 0.15) is 11.5 Å². The van der Waals surface area contributed by atoms with Crippen molar-refractivity contribution in [1.29, 1.82) is 0 Å². The predicted molar refractivity (Wildman–Crippen MR) is 175 cm³/mol. The number of hydrogen-bond donors (Lipinski definition) is 1. The summed E-state index contributed by atoms with van der Waals surface area (Å²) in [5.74, 6) is 2.84. The summed E-state index contributed by atoms with van der Waals surface area (Å²) in [4.78, 5) is 0. The first-order chi connectivity index (χ1) is 20.7. The van der Waals surface area contributed by atoms with Gasteiger partial charge in [-0.3, -0.25) is 0 Å². The summed E-state index contributed by atoms with van der Waals surface area (Å²) in [6.45, 7) is 6.33. The van der Waals surface area contributed by atoms with Crippen molar-refractivity contribution in [3.63, 3.8) is 0 Å². The molecular weight excluding hydrogens is 510 g/mol. The summed E-state index contributed by atoms with van der Waals surface area (Å²) in [6, 6.07) is 8.96. The summed E-state index contributed by atoms with van der Waals surface area (Å²) < 4.78 is 6.14. The topological polar surface area (TPSA) is 21.3 Å². The lowest BCUT2D eigenvalue weighted by molar-refractivity contribution is 0.423. The lowest BCUT2D eigenvalue weighted by atomic mass is 9.78. The number of allylic oxidation sites excluding steroid dienone is 17. The van der Waals surface area contributed by atoms with Crippen molar-refractivity contribution in [3.05, 3.63) is 160 Å². The van der Waals surface area contributed by atoms with Crippen molar-refractivity contribution in [3.8, 4) is 5.75 Å². The number of hydrogen-bond acceptors (Lipinski definition) is 2. The van der Waals surface area contributed by atoms with Gasteiger partial charge in [-0.1, -0.05) is 97.7 Å². The first-order valence-corrected chi connectivity index (χ1v) is 15.8. The van der Waals surface area contributed by atoms with Crippen LogP contribution in [0.3, 0.4) is 0 Å². The lowest BCUT2D eigenvalue weighted by Gasteiger charge is -2.31. The molecule has 2 nitrogen and oxygen atoms in total. The summed E-state index contributed by atoms with van der Waals surface area (Å²) in [5.41, 5.74) is 11.5. The van der Waals surface area contributed by atoms with E-state index in [1.807, 2.05) is 6.08 Å². The van der Waals surface area contributed by atoms with E-state index in [1.165, 1.54) is 58.3 Å². The summed E-state index contributed by atoms with van der Waals surface area (Å²) >= 11 is 0. The maximum absolute atomic E-state index is 6.14. The smallest absolute Gasteiger partial charge is 0.130 e. The molecule has 7 rings (SSSR count). The van der Waals surface area contributed by atoms with Crippen LogP contribution in [-0.2, 0) is 0 Å². The van der Waals surface area contributed by atoms with Gasteiger partial charge in [0, 0.05) is 29.5 Å². The van der Waals surface area contributed by atoms with E-state index in [-0.39, 0.29) is 6.04 Å². The minimum Gasteiger partial charge on any atom is -0.461 e. The largest absolute Gasteiger partial charge is 0.461 e. The molecule has 4 atom stereocenters. The van der Waals surface area contributed by atoms with Crippen LogP contribution in [0.5, 0.6) is 5.75 Å². The van der Waals surface area contributed by atoms with E-state index in [0.29, 0.717) is 17.9 Å². The fourth-order valence-electron chi connectivity index (χ4n) is 7.46. The van der Waals surface area contributed by atoms with Crippen LogP contribution in [0.1, 0.15) is 63.4 Å². The molecule has 0 spiro atoms. The molecule has 5 aliphatic carbocycles. The van der Waals surface area contributed by atoms with Crippen LogP contribution in [-0.4, -0.2) is 12.1 Å². The monoisotopic (exact) mass is 551 g/mol. The quantitative estimate of drug-likeness (QED) is 0.341. The van der Waals surface area contributed by atoms with Crippen LogP contribution in [0.15, 0.2) is 155 Å². The molecule has 1 aliphatic heterocycles. The third-order valence-electron chi connectivity index (χ3n) is 9.68. The van der Waals surface area contributed by atoms with Crippen LogP contribution >= 0.6 is 0 Å². The minimum atomic E-state index is 0.207. The Hall–Kier alpha value is -3.88. The van der Waals surface area contributed by atoms with Crippen molar-refractivity contribution in [1.82, 2.24) is 5.32 Å². The number of rotatable bonds is 7. The second-order valence-corrected chi connectivity index (χ2v) is 12.4. The Morgan fingerprint density at radius 2 is 1.83 bits per heavy atom. The molecule has 0 bridgehead atoms. The molecule has 0 saturated carbocycles. The maximum atomic E-state index is 6.14. The van der Waals surface area contributed by atoms with Gasteiger partial charge in [-0.05, 0) is 103 Å². The third kappa shape index (κ3) is 5.37. The van der Waals surface area contributed by atoms with E-state index in [2.05, 4.69) is 116 Å². The van der Waals surface area contributed by atoms with Crippen LogP contribution in [0.2, 0.25) is 0 Å². The Morgan fingerprint density at radius 1 is 0.976 bits per heavy atom. The first-order valence-electron chi connectivity index (χ1n) is 15.8. The van der Waals surface area contributed by atoms with Gasteiger partial charge in [0.2, 0.25) is 0 Å². The Kier molecular flexibility index (Phi) is 7.57. The molecule has 212 valence electrons. The third-order valence-corrected chi connectivity index (χ3v) is 9.68. The van der Waals surface area contributed by atoms with Crippen molar-refractivity contribution in [2.75, 3.05) is 0 Å². The number of benzene rings is 1. The predicted octanol–water partition coefficient (Wildman–Crippen LogP) is 9.59. The van der Waals surface area contributed by atoms with Crippen molar-refractivity contribution in [2.24, 2.45) is 5.92 Å². The zero-order valence-electron chi connectivity index (χ0n) is 24.7. The fourth-order valence-corrected chi connectivity index (χ4v) is 7.46. The van der Waals surface area contributed by atoms with E-state index in [4.69, 9.17) is 4.74 Å². The van der Waals surface area contributed by atoms with Gasteiger partial charge in [0.15, 0.2) is 0 Å². The molecule has 1 heterocycles. The van der Waals surface area contributed by atoms with Crippen molar-refractivity contribution >= 4 is 0 Å². The zero-order valence-corrected chi connectivity index (χ0v) is 24.7. The summed E-state index contributed by atoms with van der Waals surface area (Å²) in [5, 5.41) is 3.93. The Balaban J connectivity index is 1.000. The van der Waals surface area contributed by atoms with Crippen LogP contribution < -0.4 is 10.1 Å². The highest BCUT2D eigenvalue weighted by Gasteiger charge is 2.33. The van der Waals surface area contributed by atoms with Crippen molar-refractivity contribution < 1.29 is 4.74 Å². The molecule has 42 heavy (non-hydrogen) atoms. The maximum Gasteiger partial charge on any atom is 0.130 e. The molecule has 2 heteroatoms. The molecular formula is C40H41NO. The second kappa shape index (κ2) is 11.8. The number of nitrogens with one attached hydrogen (secondary N) is 1. The average Bonchev–Trinajstić information content (AvgIpc) is 3.42. The minimum absolute atomic E-state index is 0.207. The molecule has 0 saturated heterocycles. The number of para-hydroxylation sites is 1. The number of ether oxygens (including phenoxy) is 1. The van der Waals surface area contributed by atoms with E-state index in [9.17, 15) is 0 Å². The van der Waals surface area contributed by atoms with Crippen LogP contribution in [0.25, 0.3) is 0 Å². The van der Waals surface area contributed by atoms with E-state index in [1.54, 1.807) is 5.57 Å². The molecule has 0 amide bonds. The molecule has 0 fully saturated rings. The number of fused-ring (bicyclic) bond motifs is 3. The Bertz CT molecular complexity index is 1590. The molecule has 0 radical (unpaired) electrons. The molecule has 6 aliphatic rings. The van der Waals surface area contributed by atoms with E-state index < -0.39 is 0 Å². The molecule has 1 aromatic rings. The highest BCUT2D eigenvalue weighted by atomic mass is 16.5. The van der Waals surface area contributed by atoms with Gasteiger partial charge >= 0.3 is 0 Å². The summed E-state index contributed by atoms with van der Waals surface area (Å²) in [7, 11) is 0. The highest BCUT2D eigenvalue weighted by Crippen LogP contribution is 2.47. The van der Waals surface area contributed by atoms with Gasteiger partial charge < -0.3 is 10.1 Å². The lowest BCUT2D eigenvalue weighted by Crippen LogP contribution is -2.38. The summed E-state index contributed by atoms with van der Waals surface area (Å²) in [6.07, 6.45) is 37.8. The fraction of sp³-hybridized carbons (Fsp3) is 0.300. The van der Waals surface area contributed by atoms with Crippen LogP contribution in [0.4, 0.5) is 0 Å². The molecule has 1 N–H and O–H groups in total.